The van der Waals surface area contributed by atoms with Gasteiger partial charge in [0.05, 0.1) is 18.7 Å². The van der Waals surface area contributed by atoms with Gasteiger partial charge in [0.15, 0.2) is 5.65 Å². The summed E-state index contributed by atoms with van der Waals surface area (Å²) in [6.45, 7) is 0. The molecule has 8 nitrogen and oxygen atoms in total. The number of imide groups is 1. The summed E-state index contributed by atoms with van der Waals surface area (Å²) in [6.07, 6.45) is 7.85. The van der Waals surface area contributed by atoms with Gasteiger partial charge in [0.25, 0.3) is 5.91 Å². The highest BCUT2D eigenvalue weighted by molar-refractivity contribution is 6.15. The van der Waals surface area contributed by atoms with Gasteiger partial charge in [-0.1, -0.05) is 24.3 Å². The fraction of sp³-hybridized carbons (Fsp3) is 0.304. The van der Waals surface area contributed by atoms with Crippen LogP contribution in [0.1, 0.15) is 48.4 Å². The maximum atomic E-state index is 12.0. The lowest BCUT2D eigenvalue weighted by molar-refractivity contribution is -0.124. The molecule has 1 saturated heterocycles. The van der Waals surface area contributed by atoms with Crippen molar-refractivity contribution in [3.63, 3.8) is 0 Å². The molecule has 156 valence electrons. The third-order valence-corrected chi connectivity index (χ3v) is 6.11. The largest absolute Gasteiger partial charge is 0.367 e. The Morgan fingerprint density at radius 3 is 2.81 bits per heavy atom. The Morgan fingerprint density at radius 2 is 2.00 bits per heavy atom. The zero-order chi connectivity index (χ0) is 20.9. The Hall–Kier alpha value is -3.68. The maximum Gasteiger partial charge on any atom is 0.254 e. The predicted octanol–water partition coefficient (Wildman–Crippen LogP) is 2.83. The van der Waals surface area contributed by atoms with Crippen molar-refractivity contribution in [2.75, 3.05) is 10.6 Å². The lowest BCUT2D eigenvalue weighted by Gasteiger charge is -2.17. The average molecular weight is 414 g/mol. The van der Waals surface area contributed by atoms with Crippen LogP contribution in [0.2, 0.25) is 0 Å². The molecule has 1 atom stereocenters. The van der Waals surface area contributed by atoms with Crippen LogP contribution in [-0.2, 0) is 16.0 Å². The summed E-state index contributed by atoms with van der Waals surface area (Å²) >= 11 is 0. The van der Waals surface area contributed by atoms with Gasteiger partial charge in [-0.2, -0.15) is 9.61 Å². The van der Waals surface area contributed by atoms with Crippen LogP contribution < -0.4 is 16.0 Å². The highest BCUT2D eigenvalue weighted by Gasteiger charge is 2.27. The quantitative estimate of drug-likeness (QED) is 0.439. The number of benzene rings is 1. The van der Waals surface area contributed by atoms with Gasteiger partial charge in [-0.25, -0.2) is 4.98 Å². The molecular formula is C23H22N6O2. The average Bonchev–Trinajstić information content (AvgIpc) is 3.20. The number of aromatic nitrogens is 3. The molecule has 3 heterocycles. The highest BCUT2D eigenvalue weighted by Crippen LogP contribution is 2.34. The van der Waals surface area contributed by atoms with Gasteiger partial charge < -0.3 is 10.6 Å². The lowest BCUT2D eigenvalue weighted by atomic mass is 10.1. The van der Waals surface area contributed by atoms with E-state index in [0.717, 1.165) is 37.3 Å². The minimum Gasteiger partial charge on any atom is -0.367 e. The molecule has 0 spiro atoms. The van der Waals surface area contributed by atoms with Crippen LogP contribution in [0, 0.1) is 0 Å². The number of rotatable bonds is 5. The molecule has 31 heavy (non-hydrogen) atoms. The van der Waals surface area contributed by atoms with Crippen molar-refractivity contribution in [3.8, 4) is 0 Å². The van der Waals surface area contributed by atoms with Gasteiger partial charge in [0.2, 0.25) is 5.91 Å². The SMILES string of the molecule is O=C1C/C(=C\c2cnn3c(NC4CC4)cc(NC4CCc5ccccc54)nc23)C(=O)N1. The first-order chi connectivity index (χ1) is 15.1. The molecule has 3 N–H and O–H groups in total. The summed E-state index contributed by atoms with van der Waals surface area (Å²) in [5.74, 6) is 1.01. The van der Waals surface area contributed by atoms with E-state index in [-0.39, 0.29) is 24.3 Å². The molecule has 2 aromatic heterocycles. The summed E-state index contributed by atoms with van der Waals surface area (Å²) < 4.78 is 1.77. The number of fused-ring (bicyclic) bond motifs is 2. The van der Waals surface area contributed by atoms with Gasteiger partial charge >= 0.3 is 0 Å². The third kappa shape index (κ3) is 3.34. The van der Waals surface area contributed by atoms with E-state index < -0.39 is 0 Å². The number of nitrogens with zero attached hydrogens (tertiary/aromatic N) is 3. The molecule has 1 aliphatic heterocycles. The van der Waals surface area contributed by atoms with E-state index in [1.165, 1.54) is 11.1 Å². The topological polar surface area (TPSA) is 100 Å². The van der Waals surface area contributed by atoms with E-state index in [1.807, 2.05) is 6.07 Å². The Kier molecular flexibility index (Phi) is 4.05. The molecule has 1 unspecified atom stereocenters. The minimum absolute atomic E-state index is 0.0835. The van der Waals surface area contributed by atoms with Crippen LogP contribution in [0.25, 0.3) is 11.7 Å². The summed E-state index contributed by atoms with van der Waals surface area (Å²) in [5.41, 5.74) is 4.50. The van der Waals surface area contributed by atoms with E-state index in [4.69, 9.17) is 4.98 Å². The number of amides is 2. The van der Waals surface area contributed by atoms with Crippen molar-refractivity contribution in [1.29, 1.82) is 0 Å². The molecule has 3 aromatic rings. The van der Waals surface area contributed by atoms with Crippen molar-refractivity contribution in [1.82, 2.24) is 19.9 Å². The van der Waals surface area contributed by atoms with Crippen LogP contribution >= 0.6 is 0 Å². The standard InChI is InChI=1S/C23H22N6O2/c30-21-10-14(23(31)28-21)9-15-12-24-29-20(25-16-6-7-16)11-19(27-22(15)29)26-18-8-5-13-3-1-2-4-17(13)18/h1-4,9,11-12,16,18,25H,5-8,10H2,(H,26,27)(H,28,30,31)/b14-9+. The number of carbonyl (C=O) groups excluding carboxylic acids is 2. The molecular weight excluding hydrogens is 392 g/mol. The fourth-order valence-electron chi connectivity index (χ4n) is 4.39. The van der Waals surface area contributed by atoms with E-state index in [2.05, 4.69) is 45.3 Å². The number of hydrogen-bond donors (Lipinski definition) is 3. The van der Waals surface area contributed by atoms with Gasteiger partial charge in [-0.15, -0.1) is 0 Å². The molecule has 1 saturated carbocycles. The molecule has 8 heteroatoms. The van der Waals surface area contributed by atoms with Crippen LogP contribution in [0.4, 0.5) is 11.6 Å². The fourth-order valence-corrected chi connectivity index (χ4v) is 4.39. The summed E-state index contributed by atoms with van der Waals surface area (Å²) in [6, 6.07) is 11.2. The number of carbonyl (C=O) groups is 2. The predicted molar refractivity (Wildman–Crippen MR) is 117 cm³/mol. The Morgan fingerprint density at radius 1 is 1.13 bits per heavy atom. The lowest BCUT2D eigenvalue weighted by Crippen LogP contribution is -2.19. The second-order valence-electron chi connectivity index (χ2n) is 8.44. The van der Waals surface area contributed by atoms with E-state index >= 15 is 0 Å². The molecule has 2 aliphatic carbocycles. The summed E-state index contributed by atoms with van der Waals surface area (Å²) in [7, 11) is 0. The van der Waals surface area contributed by atoms with Crippen molar-refractivity contribution in [3.05, 3.63) is 58.8 Å². The third-order valence-electron chi connectivity index (χ3n) is 6.11. The molecule has 0 bridgehead atoms. The first-order valence-electron chi connectivity index (χ1n) is 10.7. The van der Waals surface area contributed by atoms with Gasteiger partial charge in [-0.3, -0.25) is 14.9 Å². The van der Waals surface area contributed by atoms with Gasteiger partial charge in [0, 0.05) is 23.2 Å². The van der Waals surface area contributed by atoms with Crippen molar-refractivity contribution in [2.45, 2.75) is 44.2 Å². The second kappa shape index (κ2) is 6.94. The monoisotopic (exact) mass is 414 g/mol. The second-order valence-corrected chi connectivity index (χ2v) is 8.44. The summed E-state index contributed by atoms with van der Waals surface area (Å²) in [5, 5.41) is 14.0. The number of hydrogen-bond acceptors (Lipinski definition) is 6. The van der Waals surface area contributed by atoms with Crippen molar-refractivity contribution < 1.29 is 9.59 Å². The van der Waals surface area contributed by atoms with Gasteiger partial charge in [-0.05, 0) is 42.9 Å². The van der Waals surface area contributed by atoms with Crippen molar-refractivity contribution in [2.24, 2.45) is 0 Å². The first kappa shape index (κ1) is 18.1. The van der Waals surface area contributed by atoms with Crippen LogP contribution in [0.5, 0.6) is 0 Å². The Labute approximate surface area is 178 Å². The maximum absolute atomic E-state index is 12.0. The smallest absolute Gasteiger partial charge is 0.254 e. The van der Waals surface area contributed by atoms with Crippen LogP contribution in [0.15, 0.2) is 42.1 Å². The Bertz CT molecular complexity index is 1260. The molecule has 1 aromatic carbocycles. The van der Waals surface area contributed by atoms with E-state index in [0.29, 0.717) is 22.8 Å². The van der Waals surface area contributed by atoms with E-state index in [1.54, 1.807) is 16.8 Å². The van der Waals surface area contributed by atoms with Crippen LogP contribution in [0.3, 0.4) is 0 Å². The number of aryl methyl sites for hydroxylation is 1. The summed E-state index contributed by atoms with van der Waals surface area (Å²) in [4.78, 5) is 28.4. The normalized spacial score (nSPS) is 21.5. The van der Waals surface area contributed by atoms with Crippen molar-refractivity contribution >= 4 is 35.2 Å². The molecule has 2 fully saturated rings. The van der Waals surface area contributed by atoms with Crippen LogP contribution in [-0.4, -0.2) is 32.5 Å². The van der Waals surface area contributed by atoms with E-state index in [9.17, 15) is 9.59 Å². The Balaban J connectivity index is 1.40. The number of nitrogens with one attached hydrogen (secondary N) is 3. The first-order valence-corrected chi connectivity index (χ1v) is 10.7. The highest BCUT2D eigenvalue weighted by atomic mass is 16.2. The molecule has 6 rings (SSSR count). The zero-order valence-electron chi connectivity index (χ0n) is 16.9. The molecule has 3 aliphatic rings. The minimum atomic E-state index is -0.350. The molecule has 0 radical (unpaired) electrons. The molecule has 2 amide bonds. The zero-order valence-corrected chi connectivity index (χ0v) is 16.9. The van der Waals surface area contributed by atoms with Gasteiger partial charge in [0.1, 0.15) is 11.6 Å². The number of anilines is 2.